The number of aromatic nitrogens is 1. The van der Waals surface area contributed by atoms with E-state index in [9.17, 15) is 12.8 Å². The average Bonchev–Trinajstić information content (AvgIpc) is 2.36. The Kier molecular flexibility index (Phi) is 4.17. The molecule has 2 rings (SSSR count). The highest BCUT2D eigenvalue weighted by atomic mass is 79.9. The van der Waals surface area contributed by atoms with Gasteiger partial charge in [-0.2, -0.15) is 0 Å². The third-order valence-electron chi connectivity index (χ3n) is 2.35. The molecule has 106 valence electrons. The van der Waals surface area contributed by atoms with E-state index in [2.05, 4.69) is 25.6 Å². The lowest BCUT2D eigenvalue weighted by atomic mass is 10.3. The summed E-state index contributed by atoms with van der Waals surface area (Å²) in [5, 5.41) is 0.184. The van der Waals surface area contributed by atoms with E-state index in [1.807, 2.05) is 0 Å². The molecule has 0 aliphatic heterocycles. The molecule has 1 aromatic heterocycles. The van der Waals surface area contributed by atoms with Crippen molar-refractivity contribution in [1.29, 1.82) is 0 Å². The Hall–Kier alpha value is -1.38. The molecule has 0 saturated carbocycles. The van der Waals surface area contributed by atoms with E-state index in [1.54, 1.807) is 0 Å². The number of anilines is 2. The number of nitrogens with one attached hydrogen (secondary N) is 1. The van der Waals surface area contributed by atoms with Crippen LogP contribution in [0.3, 0.4) is 0 Å². The number of nitrogen functional groups attached to an aromatic ring is 1. The maximum atomic E-state index is 13.3. The van der Waals surface area contributed by atoms with Crippen molar-refractivity contribution in [1.82, 2.24) is 4.98 Å². The smallest absolute Gasteiger partial charge is 0.264 e. The fourth-order valence-electron chi connectivity index (χ4n) is 1.43. The first kappa shape index (κ1) is 15.0. The summed E-state index contributed by atoms with van der Waals surface area (Å²) in [5.41, 5.74) is 5.44. The van der Waals surface area contributed by atoms with Crippen LogP contribution in [0.15, 0.2) is 40.0 Å². The number of sulfonamides is 1. The van der Waals surface area contributed by atoms with Gasteiger partial charge in [-0.05, 0) is 34.1 Å². The number of nitrogens with zero attached hydrogens (tertiary/aromatic N) is 1. The van der Waals surface area contributed by atoms with E-state index >= 15 is 0 Å². The third kappa shape index (κ3) is 3.02. The van der Waals surface area contributed by atoms with Gasteiger partial charge in [0, 0.05) is 6.20 Å². The molecule has 0 bridgehead atoms. The van der Waals surface area contributed by atoms with Gasteiger partial charge in [0.25, 0.3) is 10.0 Å². The maximum absolute atomic E-state index is 13.3. The van der Waals surface area contributed by atoms with E-state index in [0.29, 0.717) is 0 Å². The van der Waals surface area contributed by atoms with Gasteiger partial charge >= 0.3 is 0 Å². The van der Waals surface area contributed by atoms with Crippen molar-refractivity contribution in [2.45, 2.75) is 4.90 Å². The molecule has 1 aromatic carbocycles. The molecule has 3 N–H and O–H groups in total. The number of hydrogen-bond acceptors (Lipinski definition) is 4. The molecule has 20 heavy (non-hydrogen) atoms. The summed E-state index contributed by atoms with van der Waals surface area (Å²) in [4.78, 5) is 3.51. The van der Waals surface area contributed by atoms with Crippen LogP contribution < -0.4 is 10.5 Å². The lowest BCUT2D eigenvalue weighted by Crippen LogP contribution is -2.15. The Morgan fingerprint density at radius 2 is 2.10 bits per heavy atom. The van der Waals surface area contributed by atoms with E-state index in [1.165, 1.54) is 18.5 Å². The molecule has 0 amide bonds. The fraction of sp³-hybridized carbons (Fsp3) is 0. The van der Waals surface area contributed by atoms with E-state index < -0.39 is 15.8 Å². The van der Waals surface area contributed by atoms with Gasteiger partial charge in [-0.1, -0.05) is 11.6 Å². The zero-order valence-corrected chi connectivity index (χ0v) is 12.9. The molecule has 5 nitrogen and oxygen atoms in total. The Morgan fingerprint density at radius 1 is 1.40 bits per heavy atom. The number of rotatable bonds is 3. The molecular weight excluding hydrogens is 373 g/mol. The van der Waals surface area contributed by atoms with Crippen LogP contribution in [0.1, 0.15) is 0 Å². The summed E-state index contributed by atoms with van der Waals surface area (Å²) in [6, 6.07) is 3.43. The second-order valence-electron chi connectivity index (χ2n) is 3.77. The van der Waals surface area contributed by atoms with E-state index in [-0.39, 0.29) is 25.8 Å². The third-order valence-corrected chi connectivity index (χ3v) is 4.71. The second kappa shape index (κ2) is 5.55. The monoisotopic (exact) mass is 379 g/mol. The van der Waals surface area contributed by atoms with Gasteiger partial charge in [0.15, 0.2) is 0 Å². The number of pyridine rings is 1. The number of hydrogen-bond donors (Lipinski definition) is 2. The normalized spacial score (nSPS) is 11.3. The average molecular weight is 381 g/mol. The zero-order valence-electron chi connectivity index (χ0n) is 9.77. The van der Waals surface area contributed by atoms with Crippen molar-refractivity contribution in [3.05, 3.63) is 45.9 Å². The topological polar surface area (TPSA) is 85.1 Å². The van der Waals surface area contributed by atoms with Crippen LogP contribution in [-0.4, -0.2) is 13.4 Å². The summed E-state index contributed by atoms with van der Waals surface area (Å²) in [5.74, 6) is -0.652. The molecule has 2 aromatic rings. The Morgan fingerprint density at radius 3 is 2.75 bits per heavy atom. The number of halogens is 3. The van der Waals surface area contributed by atoms with Crippen molar-refractivity contribution in [3.63, 3.8) is 0 Å². The summed E-state index contributed by atoms with van der Waals surface area (Å²) in [6.07, 6.45) is 2.68. The van der Waals surface area contributed by atoms with Crippen LogP contribution in [0.5, 0.6) is 0 Å². The summed E-state index contributed by atoms with van der Waals surface area (Å²) >= 11 is 8.76. The lowest BCUT2D eigenvalue weighted by Gasteiger charge is -2.11. The van der Waals surface area contributed by atoms with Crippen LogP contribution in [0.4, 0.5) is 15.8 Å². The first-order valence-electron chi connectivity index (χ1n) is 5.18. The van der Waals surface area contributed by atoms with E-state index in [4.69, 9.17) is 17.3 Å². The maximum Gasteiger partial charge on any atom is 0.264 e. The van der Waals surface area contributed by atoms with Gasteiger partial charge in [-0.25, -0.2) is 12.8 Å². The van der Waals surface area contributed by atoms with Crippen molar-refractivity contribution < 1.29 is 12.8 Å². The van der Waals surface area contributed by atoms with Gasteiger partial charge in [0.1, 0.15) is 10.7 Å². The van der Waals surface area contributed by atoms with Crippen molar-refractivity contribution in [2.24, 2.45) is 0 Å². The molecule has 1 heterocycles. The largest absolute Gasteiger partial charge is 0.398 e. The van der Waals surface area contributed by atoms with Gasteiger partial charge in [0.05, 0.1) is 27.1 Å². The Bertz CT molecular complexity index is 770. The van der Waals surface area contributed by atoms with Gasteiger partial charge < -0.3 is 5.73 Å². The van der Waals surface area contributed by atoms with Gasteiger partial charge in [-0.3, -0.25) is 9.71 Å². The SMILES string of the molecule is Nc1cc(F)c(Br)cc1S(=O)(=O)Nc1cnccc1Cl. The molecule has 0 atom stereocenters. The first-order valence-corrected chi connectivity index (χ1v) is 7.83. The van der Waals surface area contributed by atoms with Gasteiger partial charge in [0.2, 0.25) is 0 Å². The minimum atomic E-state index is -4.00. The van der Waals surface area contributed by atoms with Gasteiger partial charge in [-0.15, -0.1) is 0 Å². The summed E-state index contributed by atoms with van der Waals surface area (Å²) in [7, 11) is -4.00. The molecule has 0 spiro atoms. The molecule has 9 heteroatoms. The molecule has 0 unspecified atom stereocenters. The van der Waals surface area contributed by atoms with Crippen LogP contribution in [-0.2, 0) is 10.0 Å². The van der Waals surface area contributed by atoms with Crippen LogP contribution in [0.2, 0.25) is 5.02 Å². The number of nitrogens with two attached hydrogens (primary N) is 1. The minimum Gasteiger partial charge on any atom is -0.398 e. The van der Waals surface area contributed by atoms with Crippen LogP contribution in [0.25, 0.3) is 0 Å². The van der Waals surface area contributed by atoms with Crippen molar-refractivity contribution in [2.75, 3.05) is 10.5 Å². The summed E-state index contributed by atoms with van der Waals surface area (Å²) < 4.78 is 39.9. The molecule has 0 aliphatic carbocycles. The van der Waals surface area contributed by atoms with Crippen molar-refractivity contribution in [3.8, 4) is 0 Å². The quantitative estimate of drug-likeness (QED) is 0.802. The predicted molar refractivity (Wildman–Crippen MR) is 78.6 cm³/mol. The Balaban J connectivity index is 2.47. The molecule has 0 radical (unpaired) electrons. The van der Waals surface area contributed by atoms with E-state index in [0.717, 1.165) is 12.1 Å². The standard InChI is InChI=1S/C11H8BrClFN3O2S/c12-6-3-11(9(15)4-8(6)14)20(18,19)17-10-5-16-2-1-7(10)13/h1-5,17H,15H2. The molecule has 0 saturated heterocycles. The highest BCUT2D eigenvalue weighted by Crippen LogP contribution is 2.29. The zero-order chi connectivity index (χ0) is 14.9. The predicted octanol–water partition coefficient (Wildman–Crippen LogP) is 3.02. The first-order chi connectivity index (χ1) is 9.31. The molecule has 0 aliphatic rings. The number of benzene rings is 1. The highest BCUT2D eigenvalue weighted by Gasteiger charge is 2.20. The van der Waals surface area contributed by atoms with Crippen LogP contribution >= 0.6 is 27.5 Å². The summed E-state index contributed by atoms with van der Waals surface area (Å²) in [6.45, 7) is 0. The van der Waals surface area contributed by atoms with Crippen LogP contribution in [0, 0.1) is 5.82 Å². The molecular formula is C11H8BrClFN3O2S. The minimum absolute atomic E-state index is 0.00985. The molecule has 0 fully saturated rings. The highest BCUT2D eigenvalue weighted by molar-refractivity contribution is 9.10. The fourth-order valence-corrected chi connectivity index (χ4v) is 3.34. The Labute approximate surface area is 128 Å². The lowest BCUT2D eigenvalue weighted by molar-refractivity contribution is 0.599. The van der Waals surface area contributed by atoms with Crippen molar-refractivity contribution >= 4 is 48.9 Å². The second-order valence-corrected chi connectivity index (χ2v) is 6.68.